The molecule has 0 aliphatic rings. The molecule has 0 aliphatic carbocycles. The number of rotatable bonds is 4. The zero-order valence-electron chi connectivity index (χ0n) is 12.4. The van der Waals surface area contributed by atoms with Gasteiger partial charge in [0.2, 0.25) is 0 Å². The summed E-state index contributed by atoms with van der Waals surface area (Å²) in [6.07, 6.45) is 3.20. The van der Waals surface area contributed by atoms with Crippen LogP contribution in [0.5, 0.6) is 5.75 Å². The van der Waals surface area contributed by atoms with Gasteiger partial charge in [-0.1, -0.05) is 12.2 Å². The lowest BCUT2D eigenvalue weighted by molar-refractivity contribution is 0.0534. The van der Waals surface area contributed by atoms with Gasteiger partial charge in [0.25, 0.3) is 0 Å². The Balaban J connectivity index is 2.53. The van der Waals surface area contributed by atoms with Crippen molar-refractivity contribution in [2.24, 2.45) is 0 Å². The number of carbonyl (C=O) groups is 1. The third-order valence-corrected chi connectivity index (χ3v) is 2.31. The summed E-state index contributed by atoms with van der Waals surface area (Å²) in [4.78, 5) is 11.4. The van der Waals surface area contributed by atoms with Crippen molar-refractivity contribution < 1.29 is 14.3 Å². The highest BCUT2D eigenvalue weighted by molar-refractivity contribution is 5.68. The average molecular weight is 278 g/mol. The molecule has 1 amide bonds. The van der Waals surface area contributed by atoms with Crippen LogP contribution in [0.25, 0.3) is 6.08 Å². The lowest BCUT2D eigenvalue weighted by Gasteiger charge is -2.19. The Hall–Kier alpha value is -2.17. The first-order chi connectivity index (χ1) is 9.31. The number of ether oxygens (including phenoxy) is 2. The topological polar surface area (TPSA) is 73.6 Å². The predicted molar refractivity (Wildman–Crippen MR) is 80.7 cm³/mol. The Labute approximate surface area is 119 Å². The zero-order chi connectivity index (χ0) is 15.2. The number of alkyl carbamates (subject to hydrolysis) is 1. The average Bonchev–Trinajstić information content (AvgIpc) is 2.33. The summed E-state index contributed by atoms with van der Waals surface area (Å²) in [5.41, 5.74) is 6.75. The van der Waals surface area contributed by atoms with Gasteiger partial charge in [0.1, 0.15) is 11.4 Å². The SMILES string of the molecule is COc1ccc(N)cc1C=CCNC(=O)OC(C)(C)C. The van der Waals surface area contributed by atoms with Gasteiger partial charge in [0.05, 0.1) is 7.11 Å². The fraction of sp³-hybridized carbons (Fsp3) is 0.400. The van der Waals surface area contributed by atoms with Gasteiger partial charge in [-0.05, 0) is 39.0 Å². The fourth-order valence-corrected chi connectivity index (χ4v) is 1.53. The molecule has 0 heterocycles. The van der Waals surface area contributed by atoms with E-state index in [1.807, 2.05) is 32.9 Å². The minimum atomic E-state index is -0.495. The van der Waals surface area contributed by atoms with Gasteiger partial charge in [-0.25, -0.2) is 4.79 Å². The van der Waals surface area contributed by atoms with E-state index in [2.05, 4.69) is 5.32 Å². The smallest absolute Gasteiger partial charge is 0.407 e. The lowest BCUT2D eigenvalue weighted by atomic mass is 10.1. The molecule has 0 saturated carbocycles. The number of amides is 1. The molecule has 1 rings (SSSR count). The standard InChI is InChI=1S/C15H22N2O3/c1-15(2,3)20-14(18)17-9-5-6-11-10-12(16)7-8-13(11)19-4/h5-8,10H,9,16H2,1-4H3,(H,17,18). The second kappa shape index (κ2) is 6.84. The molecule has 0 unspecified atom stereocenters. The molecule has 0 aromatic heterocycles. The van der Waals surface area contributed by atoms with Crippen molar-refractivity contribution >= 4 is 17.9 Å². The summed E-state index contributed by atoms with van der Waals surface area (Å²) in [6.45, 7) is 5.83. The van der Waals surface area contributed by atoms with Crippen LogP contribution in [0.2, 0.25) is 0 Å². The summed E-state index contributed by atoms with van der Waals surface area (Å²) < 4.78 is 10.4. The van der Waals surface area contributed by atoms with E-state index in [1.54, 1.807) is 25.3 Å². The fourth-order valence-electron chi connectivity index (χ4n) is 1.53. The van der Waals surface area contributed by atoms with Crippen LogP contribution in [0.1, 0.15) is 26.3 Å². The second-order valence-electron chi connectivity index (χ2n) is 5.29. The van der Waals surface area contributed by atoms with E-state index in [-0.39, 0.29) is 0 Å². The Morgan fingerprint density at radius 1 is 1.40 bits per heavy atom. The van der Waals surface area contributed by atoms with Gasteiger partial charge in [-0.3, -0.25) is 0 Å². The monoisotopic (exact) mass is 278 g/mol. The molecule has 5 heteroatoms. The number of nitrogens with one attached hydrogen (secondary N) is 1. The number of nitrogen functional groups attached to an aromatic ring is 1. The zero-order valence-corrected chi connectivity index (χ0v) is 12.4. The Kier molecular flexibility index (Phi) is 5.43. The van der Waals surface area contributed by atoms with Crippen molar-refractivity contribution in [3.8, 4) is 5.75 Å². The largest absolute Gasteiger partial charge is 0.496 e. The van der Waals surface area contributed by atoms with Crippen molar-refractivity contribution in [1.82, 2.24) is 5.32 Å². The van der Waals surface area contributed by atoms with Crippen LogP contribution < -0.4 is 15.8 Å². The van der Waals surface area contributed by atoms with Crippen LogP contribution in [0.3, 0.4) is 0 Å². The summed E-state index contributed by atoms with van der Waals surface area (Å²) in [7, 11) is 1.60. The van der Waals surface area contributed by atoms with Crippen LogP contribution in [-0.2, 0) is 4.74 Å². The van der Waals surface area contributed by atoms with E-state index in [0.29, 0.717) is 12.2 Å². The van der Waals surface area contributed by atoms with Crippen molar-refractivity contribution in [2.75, 3.05) is 19.4 Å². The van der Waals surface area contributed by atoms with Crippen LogP contribution in [-0.4, -0.2) is 25.3 Å². The molecule has 0 aliphatic heterocycles. The first-order valence-corrected chi connectivity index (χ1v) is 6.39. The van der Waals surface area contributed by atoms with Gasteiger partial charge < -0.3 is 20.5 Å². The number of benzene rings is 1. The molecule has 0 fully saturated rings. The molecular formula is C15H22N2O3. The third-order valence-electron chi connectivity index (χ3n) is 2.31. The molecule has 0 saturated heterocycles. The first kappa shape index (κ1) is 15.9. The van der Waals surface area contributed by atoms with Crippen LogP contribution in [0.4, 0.5) is 10.5 Å². The van der Waals surface area contributed by atoms with E-state index in [0.717, 1.165) is 11.3 Å². The molecule has 1 aromatic rings. The minimum absolute atomic E-state index is 0.368. The first-order valence-electron chi connectivity index (χ1n) is 6.39. The Morgan fingerprint density at radius 3 is 2.70 bits per heavy atom. The van der Waals surface area contributed by atoms with E-state index in [1.165, 1.54) is 0 Å². The van der Waals surface area contributed by atoms with E-state index < -0.39 is 11.7 Å². The quantitative estimate of drug-likeness (QED) is 0.831. The molecule has 110 valence electrons. The van der Waals surface area contributed by atoms with Gasteiger partial charge in [-0.15, -0.1) is 0 Å². The van der Waals surface area contributed by atoms with Gasteiger partial charge in [-0.2, -0.15) is 0 Å². The Bertz CT molecular complexity index is 490. The number of hydrogen-bond acceptors (Lipinski definition) is 4. The Morgan fingerprint density at radius 2 is 2.10 bits per heavy atom. The summed E-state index contributed by atoms with van der Waals surface area (Å²) >= 11 is 0. The minimum Gasteiger partial charge on any atom is -0.496 e. The molecule has 0 bridgehead atoms. The normalized spacial score (nSPS) is 11.4. The molecule has 20 heavy (non-hydrogen) atoms. The highest BCUT2D eigenvalue weighted by atomic mass is 16.6. The summed E-state index contributed by atoms with van der Waals surface area (Å²) in [5.74, 6) is 0.729. The maximum atomic E-state index is 11.4. The number of methoxy groups -OCH3 is 1. The third kappa shape index (κ3) is 5.65. The number of hydrogen-bond donors (Lipinski definition) is 2. The molecule has 0 radical (unpaired) electrons. The maximum Gasteiger partial charge on any atom is 0.407 e. The highest BCUT2D eigenvalue weighted by Gasteiger charge is 2.14. The van der Waals surface area contributed by atoms with Crippen LogP contribution in [0, 0.1) is 0 Å². The highest BCUT2D eigenvalue weighted by Crippen LogP contribution is 2.22. The molecule has 1 aromatic carbocycles. The van der Waals surface area contributed by atoms with Crippen molar-refractivity contribution in [2.45, 2.75) is 26.4 Å². The van der Waals surface area contributed by atoms with Gasteiger partial charge >= 0.3 is 6.09 Å². The predicted octanol–water partition coefficient (Wildman–Crippen LogP) is 2.82. The van der Waals surface area contributed by atoms with Crippen LogP contribution >= 0.6 is 0 Å². The maximum absolute atomic E-state index is 11.4. The molecule has 0 spiro atoms. The van der Waals surface area contributed by atoms with E-state index in [9.17, 15) is 4.79 Å². The molecule has 5 nitrogen and oxygen atoms in total. The van der Waals surface area contributed by atoms with E-state index >= 15 is 0 Å². The number of anilines is 1. The number of carbonyl (C=O) groups excluding carboxylic acids is 1. The van der Waals surface area contributed by atoms with Crippen molar-refractivity contribution in [3.05, 3.63) is 29.8 Å². The summed E-state index contributed by atoms with van der Waals surface area (Å²) in [6, 6.07) is 5.38. The van der Waals surface area contributed by atoms with Gasteiger partial charge in [0.15, 0.2) is 0 Å². The second-order valence-corrected chi connectivity index (χ2v) is 5.29. The lowest BCUT2D eigenvalue weighted by Crippen LogP contribution is -2.32. The van der Waals surface area contributed by atoms with E-state index in [4.69, 9.17) is 15.2 Å². The molecular weight excluding hydrogens is 256 g/mol. The summed E-state index contributed by atoms with van der Waals surface area (Å²) in [5, 5.41) is 2.64. The van der Waals surface area contributed by atoms with Crippen LogP contribution in [0.15, 0.2) is 24.3 Å². The molecule has 0 atom stereocenters. The molecule has 3 N–H and O–H groups in total. The van der Waals surface area contributed by atoms with Gasteiger partial charge in [0, 0.05) is 17.8 Å². The van der Waals surface area contributed by atoms with Crippen molar-refractivity contribution in [3.63, 3.8) is 0 Å². The number of nitrogens with two attached hydrogens (primary N) is 1. The van der Waals surface area contributed by atoms with Crippen molar-refractivity contribution in [1.29, 1.82) is 0 Å².